The number of nitrogens with one attached hydrogen (secondary N) is 1. The molecule has 1 heterocycles. The normalized spacial score (nSPS) is 52.9. The summed E-state index contributed by atoms with van der Waals surface area (Å²) >= 11 is 0. The second-order valence-electron chi connectivity index (χ2n) is 3.35. The van der Waals surface area contributed by atoms with Crippen LogP contribution >= 0.6 is 0 Å². The van der Waals surface area contributed by atoms with Crippen molar-refractivity contribution in [2.24, 2.45) is 11.8 Å². The Hall–Kier alpha value is -0.0400. The van der Waals surface area contributed by atoms with Crippen LogP contribution in [0.1, 0.15) is 19.8 Å². The van der Waals surface area contributed by atoms with Gasteiger partial charge >= 0.3 is 0 Å². The molecular formula is C7H13N. The Bertz CT molecular complexity index is 90.6. The van der Waals surface area contributed by atoms with E-state index >= 15 is 0 Å². The highest BCUT2D eigenvalue weighted by molar-refractivity contribution is 4.95. The third-order valence-electron chi connectivity index (χ3n) is 2.42. The molecule has 1 aliphatic carbocycles. The average molecular weight is 111 g/mol. The maximum Gasteiger partial charge on any atom is 0.0221 e. The monoisotopic (exact) mass is 111 g/mol. The summed E-state index contributed by atoms with van der Waals surface area (Å²) in [6.07, 6.45) is 2.97. The lowest BCUT2D eigenvalue weighted by molar-refractivity contribution is 0.209. The van der Waals surface area contributed by atoms with E-state index in [1.165, 1.54) is 19.4 Å². The molecule has 2 fully saturated rings. The fourth-order valence-corrected chi connectivity index (χ4v) is 1.69. The zero-order valence-corrected chi connectivity index (χ0v) is 5.35. The van der Waals surface area contributed by atoms with Crippen molar-refractivity contribution in [3.05, 3.63) is 0 Å². The lowest BCUT2D eigenvalue weighted by Gasteiger charge is -2.31. The molecule has 1 saturated heterocycles. The summed E-state index contributed by atoms with van der Waals surface area (Å²) < 4.78 is 0. The lowest BCUT2D eigenvalue weighted by Crippen LogP contribution is -2.26. The van der Waals surface area contributed by atoms with Crippen LogP contribution in [-0.2, 0) is 0 Å². The van der Waals surface area contributed by atoms with Crippen molar-refractivity contribution >= 4 is 0 Å². The summed E-state index contributed by atoms with van der Waals surface area (Å²) in [5.74, 6) is 2.09. The molecule has 1 nitrogen and oxygen atoms in total. The fourth-order valence-electron chi connectivity index (χ4n) is 1.69. The van der Waals surface area contributed by atoms with Crippen molar-refractivity contribution in [3.63, 3.8) is 0 Å². The minimum Gasteiger partial charge on any atom is -0.311 e. The SMILES string of the molecule is CC1CC(C2CN2)C1. The first-order valence-corrected chi connectivity index (χ1v) is 3.59. The van der Waals surface area contributed by atoms with Gasteiger partial charge in [-0.25, -0.2) is 0 Å². The maximum atomic E-state index is 3.36. The summed E-state index contributed by atoms with van der Waals surface area (Å²) in [7, 11) is 0. The number of rotatable bonds is 1. The zero-order valence-electron chi connectivity index (χ0n) is 5.35. The van der Waals surface area contributed by atoms with Crippen molar-refractivity contribution in [1.29, 1.82) is 0 Å². The van der Waals surface area contributed by atoms with E-state index < -0.39 is 0 Å². The van der Waals surface area contributed by atoms with Crippen molar-refractivity contribution < 1.29 is 0 Å². The summed E-state index contributed by atoms with van der Waals surface area (Å²) in [5.41, 5.74) is 0. The van der Waals surface area contributed by atoms with E-state index in [9.17, 15) is 0 Å². The van der Waals surface area contributed by atoms with Crippen LogP contribution in [0, 0.1) is 11.8 Å². The average Bonchev–Trinajstić information content (AvgIpc) is 2.37. The molecule has 0 aromatic rings. The first kappa shape index (κ1) is 4.80. The van der Waals surface area contributed by atoms with E-state index in [0.29, 0.717) is 0 Å². The van der Waals surface area contributed by atoms with Gasteiger partial charge in [-0.15, -0.1) is 0 Å². The van der Waals surface area contributed by atoms with Crippen LogP contribution in [0.15, 0.2) is 0 Å². The molecule has 2 aliphatic rings. The molecule has 0 amide bonds. The summed E-state index contributed by atoms with van der Waals surface area (Å²) in [6, 6.07) is 0.936. The van der Waals surface area contributed by atoms with Crippen LogP contribution in [0.4, 0.5) is 0 Å². The van der Waals surface area contributed by atoms with E-state index in [1.807, 2.05) is 0 Å². The minimum atomic E-state index is 0.936. The molecule has 0 aromatic heterocycles. The van der Waals surface area contributed by atoms with Crippen molar-refractivity contribution in [1.82, 2.24) is 5.32 Å². The highest BCUT2D eigenvalue weighted by Gasteiger charge is 2.37. The first-order chi connectivity index (χ1) is 3.86. The molecule has 8 heavy (non-hydrogen) atoms. The van der Waals surface area contributed by atoms with E-state index in [0.717, 1.165) is 17.9 Å². The molecule has 46 valence electrons. The summed E-state index contributed by atoms with van der Waals surface area (Å²) in [5, 5.41) is 3.36. The maximum absolute atomic E-state index is 3.36. The van der Waals surface area contributed by atoms with Gasteiger partial charge in [-0.3, -0.25) is 0 Å². The van der Waals surface area contributed by atoms with Gasteiger partial charge in [0.2, 0.25) is 0 Å². The van der Waals surface area contributed by atoms with Crippen LogP contribution in [-0.4, -0.2) is 12.6 Å². The lowest BCUT2D eigenvalue weighted by atomic mass is 9.74. The van der Waals surface area contributed by atoms with Gasteiger partial charge in [0, 0.05) is 12.6 Å². The summed E-state index contributed by atoms with van der Waals surface area (Å²) in [4.78, 5) is 0. The Morgan fingerprint density at radius 2 is 2.00 bits per heavy atom. The van der Waals surface area contributed by atoms with Crippen LogP contribution < -0.4 is 5.32 Å². The van der Waals surface area contributed by atoms with Gasteiger partial charge in [-0.05, 0) is 24.7 Å². The van der Waals surface area contributed by atoms with E-state index in [2.05, 4.69) is 12.2 Å². The van der Waals surface area contributed by atoms with Crippen LogP contribution in [0.5, 0.6) is 0 Å². The van der Waals surface area contributed by atoms with E-state index in [4.69, 9.17) is 0 Å². The largest absolute Gasteiger partial charge is 0.311 e. The second kappa shape index (κ2) is 1.47. The Balaban J connectivity index is 1.78. The molecule has 1 heteroatoms. The van der Waals surface area contributed by atoms with Crippen LogP contribution in [0.25, 0.3) is 0 Å². The van der Waals surface area contributed by atoms with Gasteiger partial charge in [-0.1, -0.05) is 6.92 Å². The first-order valence-electron chi connectivity index (χ1n) is 3.59. The fraction of sp³-hybridized carbons (Fsp3) is 1.00. The van der Waals surface area contributed by atoms with Gasteiger partial charge in [-0.2, -0.15) is 0 Å². The van der Waals surface area contributed by atoms with Gasteiger partial charge in [0.25, 0.3) is 0 Å². The Morgan fingerprint density at radius 3 is 2.38 bits per heavy atom. The molecule has 2 rings (SSSR count). The molecule has 0 bridgehead atoms. The zero-order chi connectivity index (χ0) is 5.56. The van der Waals surface area contributed by atoms with Crippen LogP contribution in [0.3, 0.4) is 0 Å². The molecule has 0 spiro atoms. The van der Waals surface area contributed by atoms with Crippen molar-refractivity contribution in [2.75, 3.05) is 6.54 Å². The topological polar surface area (TPSA) is 21.9 Å². The molecule has 0 aromatic carbocycles. The van der Waals surface area contributed by atoms with Crippen LogP contribution in [0.2, 0.25) is 0 Å². The summed E-state index contributed by atoms with van der Waals surface area (Å²) in [6.45, 7) is 3.65. The quantitative estimate of drug-likeness (QED) is 0.501. The molecule has 1 unspecified atom stereocenters. The van der Waals surface area contributed by atoms with E-state index in [-0.39, 0.29) is 0 Å². The molecule has 1 aliphatic heterocycles. The third kappa shape index (κ3) is 0.655. The number of hydrogen-bond donors (Lipinski definition) is 1. The Labute approximate surface area is 50.5 Å². The predicted octanol–water partition coefficient (Wildman–Crippen LogP) is 1.00. The standard InChI is InChI=1S/C7H13N/c1-5-2-6(3-5)7-4-8-7/h5-8H,2-4H2,1H3. The van der Waals surface area contributed by atoms with Crippen molar-refractivity contribution in [2.45, 2.75) is 25.8 Å². The smallest absolute Gasteiger partial charge is 0.0221 e. The highest BCUT2D eigenvalue weighted by atomic mass is 15.1. The molecule has 1 atom stereocenters. The van der Waals surface area contributed by atoms with Crippen molar-refractivity contribution in [3.8, 4) is 0 Å². The number of hydrogen-bond acceptors (Lipinski definition) is 1. The molecule has 1 N–H and O–H groups in total. The molecular weight excluding hydrogens is 98.1 g/mol. The Morgan fingerprint density at radius 1 is 1.38 bits per heavy atom. The second-order valence-corrected chi connectivity index (χ2v) is 3.35. The van der Waals surface area contributed by atoms with Gasteiger partial charge in [0.15, 0.2) is 0 Å². The predicted molar refractivity (Wildman–Crippen MR) is 33.7 cm³/mol. The van der Waals surface area contributed by atoms with E-state index in [1.54, 1.807) is 0 Å². The van der Waals surface area contributed by atoms with Gasteiger partial charge in [0.1, 0.15) is 0 Å². The minimum absolute atomic E-state index is 0.936. The highest BCUT2D eigenvalue weighted by Crippen LogP contribution is 2.37. The Kier molecular flexibility index (Phi) is 0.884. The molecule has 1 saturated carbocycles. The third-order valence-corrected chi connectivity index (χ3v) is 2.42. The van der Waals surface area contributed by atoms with Gasteiger partial charge < -0.3 is 5.32 Å². The van der Waals surface area contributed by atoms with Gasteiger partial charge in [0.05, 0.1) is 0 Å². The molecule has 0 radical (unpaired) electrons.